The fourth-order valence-electron chi connectivity index (χ4n) is 1.94. The third kappa shape index (κ3) is 3.18. The average molecular weight is 330 g/mol. The SMILES string of the molecule is COCOc1c(OC)cc2sc(C(=O)O)cc2c1C=C(F)F. The maximum absolute atomic E-state index is 12.8. The minimum atomic E-state index is -1.93. The van der Waals surface area contributed by atoms with Crippen LogP contribution < -0.4 is 9.47 Å². The lowest BCUT2D eigenvalue weighted by atomic mass is 10.1. The molecule has 2 rings (SSSR count). The second kappa shape index (κ2) is 6.71. The first-order valence-electron chi connectivity index (χ1n) is 6.00. The van der Waals surface area contributed by atoms with Crippen LogP contribution in [0.3, 0.4) is 0 Å². The number of rotatable bonds is 6. The smallest absolute Gasteiger partial charge is 0.345 e. The summed E-state index contributed by atoms with van der Waals surface area (Å²) in [5.41, 5.74) is 0.0511. The van der Waals surface area contributed by atoms with Crippen LogP contribution >= 0.6 is 11.3 Å². The maximum atomic E-state index is 12.8. The highest BCUT2D eigenvalue weighted by molar-refractivity contribution is 7.20. The van der Waals surface area contributed by atoms with Gasteiger partial charge in [-0.15, -0.1) is 11.3 Å². The second-order valence-corrected chi connectivity index (χ2v) is 5.22. The van der Waals surface area contributed by atoms with E-state index in [1.54, 1.807) is 6.07 Å². The molecule has 0 aliphatic carbocycles. The Hall–Kier alpha value is -2.19. The molecule has 0 amide bonds. The molecule has 0 bridgehead atoms. The average Bonchev–Trinajstić information content (AvgIpc) is 2.89. The molecule has 1 N–H and O–H groups in total. The summed E-state index contributed by atoms with van der Waals surface area (Å²) < 4.78 is 41.3. The predicted molar refractivity (Wildman–Crippen MR) is 78.0 cm³/mol. The van der Waals surface area contributed by atoms with Gasteiger partial charge in [-0.3, -0.25) is 0 Å². The third-order valence-corrected chi connectivity index (χ3v) is 3.86. The minimum Gasteiger partial charge on any atom is -0.493 e. The van der Waals surface area contributed by atoms with Crippen molar-refractivity contribution in [1.82, 2.24) is 0 Å². The van der Waals surface area contributed by atoms with Gasteiger partial charge in [0.2, 0.25) is 0 Å². The second-order valence-electron chi connectivity index (χ2n) is 4.13. The van der Waals surface area contributed by atoms with Crippen molar-refractivity contribution >= 4 is 33.5 Å². The van der Waals surface area contributed by atoms with E-state index in [0.29, 0.717) is 16.2 Å². The van der Waals surface area contributed by atoms with Gasteiger partial charge in [-0.2, -0.15) is 8.78 Å². The Morgan fingerprint density at radius 1 is 1.36 bits per heavy atom. The van der Waals surface area contributed by atoms with Crippen LogP contribution in [-0.2, 0) is 4.74 Å². The van der Waals surface area contributed by atoms with Gasteiger partial charge in [0.25, 0.3) is 6.08 Å². The molecular formula is C14H12F2O5S. The molecule has 1 aromatic heterocycles. The highest BCUT2D eigenvalue weighted by atomic mass is 32.1. The number of halogens is 2. The van der Waals surface area contributed by atoms with Crippen LogP contribution in [0.15, 0.2) is 18.2 Å². The summed E-state index contributed by atoms with van der Waals surface area (Å²) in [5, 5.41) is 9.41. The van der Waals surface area contributed by atoms with Gasteiger partial charge in [0.1, 0.15) is 4.88 Å². The summed E-state index contributed by atoms with van der Waals surface area (Å²) >= 11 is 0.968. The summed E-state index contributed by atoms with van der Waals surface area (Å²) in [7, 11) is 2.76. The summed E-state index contributed by atoms with van der Waals surface area (Å²) in [6, 6.07) is 2.88. The van der Waals surface area contributed by atoms with Gasteiger partial charge in [0.15, 0.2) is 18.3 Å². The van der Waals surface area contributed by atoms with Crippen LogP contribution in [0.2, 0.25) is 0 Å². The van der Waals surface area contributed by atoms with E-state index >= 15 is 0 Å². The number of thiophene rings is 1. The van der Waals surface area contributed by atoms with Gasteiger partial charge in [0.05, 0.1) is 7.11 Å². The zero-order valence-electron chi connectivity index (χ0n) is 11.7. The number of carbonyl (C=O) groups is 1. The van der Waals surface area contributed by atoms with Gasteiger partial charge >= 0.3 is 5.97 Å². The molecule has 118 valence electrons. The number of benzene rings is 1. The number of ether oxygens (including phenoxy) is 3. The van der Waals surface area contributed by atoms with Crippen LogP contribution in [-0.4, -0.2) is 32.1 Å². The molecule has 0 spiro atoms. The molecule has 0 atom stereocenters. The molecular weight excluding hydrogens is 318 g/mol. The summed E-state index contributed by atoms with van der Waals surface area (Å²) in [6.07, 6.45) is -1.31. The van der Waals surface area contributed by atoms with Crippen LogP contribution in [0, 0.1) is 0 Å². The number of carboxylic acid groups (broad SMARTS) is 1. The van der Waals surface area contributed by atoms with Crippen molar-refractivity contribution in [3.63, 3.8) is 0 Å². The molecule has 0 unspecified atom stereocenters. The van der Waals surface area contributed by atoms with Crippen LogP contribution in [0.4, 0.5) is 8.78 Å². The van der Waals surface area contributed by atoms with Crippen molar-refractivity contribution in [2.24, 2.45) is 0 Å². The lowest BCUT2D eigenvalue weighted by Gasteiger charge is -2.13. The van der Waals surface area contributed by atoms with Crippen molar-refractivity contribution in [1.29, 1.82) is 0 Å². The molecule has 8 heteroatoms. The number of hydrogen-bond donors (Lipinski definition) is 1. The Morgan fingerprint density at radius 2 is 2.09 bits per heavy atom. The third-order valence-electron chi connectivity index (χ3n) is 2.79. The van der Waals surface area contributed by atoms with Gasteiger partial charge in [-0.1, -0.05) is 0 Å². The van der Waals surface area contributed by atoms with Gasteiger partial charge in [-0.05, 0) is 6.07 Å². The highest BCUT2D eigenvalue weighted by Gasteiger charge is 2.19. The topological polar surface area (TPSA) is 65.0 Å². The Bertz CT molecular complexity index is 734. The maximum Gasteiger partial charge on any atom is 0.345 e. The number of carboxylic acids is 1. The molecule has 1 aromatic carbocycles. The Morgan fingerprint density at radius 3 is 2.64 bits per heavy atom. The van der Waals surface area contributed by atoms with E-state index in [0.717, 1.165) is 11.3 Å². The highest BCUT2D eigenvalue weighted by Crippen LogP contribution is 2.42. The van der Waals surface area contributed by atoms with E-state index in [1.165, 1.54) is 20.3 Å². The largest absolute Gasteiger partial charge is 0.493 e. The predicted octanol–water partition coefficient (Wildman–Crippen LogP) is 3.83. The molecule has 2 aromatic rings. The number of hydrogen-bond acceptors (Lipinski definition) is 5. The molecule has 1 heterocycles. The molecule has 0 aliphatic heterocycles. The lowest BCUT2D eigenvalue weighted by molar-refractivity contribution is 0.0491. The normalized spacial score (nSPS) is 10.5. The molecule has 0 saturated heterocycles. The number of aromatic carboxylic acids is 1. The van der Waals surface area contributed by atoms with Crippen LogP contribution in [0.1, 0.15) is 15.2 Å². The van der Waals surface area contributed by atoms with E-state index in [-0.39, 0.29) is 28.7 Å². The van der Waals surface area contributed by atoms with Crippen molar-refractivity contribution in [3.05, 3.63) is 28.7 Å². The lowest BCUT2D eigenvalue weighted by Crippen LogP contribution is -2.02. The first-order chi connectivity index (χ1) is 10.5. The fraction of sp³-hybridized carbons (Fsp3) is 0.214. The van der Waals surface area contributed by atoms with Crippen molar-refractivity contribution in [2.75, 3.05) is 21.0 Å². The zero-order chi connectivity index (χ0) is 16.3. The zero-order valence-corrected chi connectivity index (χ0v) is 12.5. The molecule has 22 heavy (non-hydrogen) atoms. The van der Waals surface area contributed by atoms with E-state index in [2.05, 4.69) is 0 Å². The molecule has 0 aliphatic rings. The van der Waals surface area contributed by atoms with Crippen molar-refractivity contribution in [2.45, 2.75) is 0 Å². The Kier molecular flexibility index (Phi) is 4.94. The monoisotopic (exact) mass is 330 g/mol. The van der Waals surface area contributed by atoms with E-state index < -0.39 is 12.0 Å². The number of fused-ring (bicyclic) bond motifs is 1. The van der Waals surface area contributed by atoms with E-state index in [4.69, 9.17) is 19.3 Å². The first kappa shape index (κ1) is 16.2. The minimum absolute atomic E-state index is 0.0369. The fourth-order valence-corrected chi connectivity index (χ4v) is 2.88. The number of methoxy groups -OCH3 is 2. The first-order valence-corrected chi connectivity index (χ1v) is 6.81. The van der Waals surface area contributed by atoms with Crippen LogP contribution in [0.5, 0.6) is 11.5 Å². The molecule has 0 fully saturated rings. The van der Waals surface area contributed by atoms with Crippen LogP contribution in [0.25, 0.3) is 16.2 Å². The molecule has 0 radical (unpaired) electrons. The quantitative estimate of drug-likeness (QED) is 0.816. The Labute approximate surface area is 128 Å². The summed E-state index contributed by atoms with van der Waals surface area (Å²) in [5.74, 6) is -0.842. The van der Waals surface area contributed by atoms with Crippen molar-refractivity contribution in [3.8, 4) is 11.5 Å². The van der Waals surface area contributed by atoms with E-state index in [1.807, 2.05) is 0 Å². The molecule has 5 nitrogen and oxygen atoms in total. The van der Waals surface area contributed by atoms with Gasteiger partial charge < -0.3 is 19.3 Å². The van der Waals surface area contributed by atoms with Gasteiger partial charge in [-0.25, -0.2) is 4.79 Å². The van der Waals surface area contributed by atoms with Gasteiger partial charge in [0, 0.05) is 34.9 Å². The van der Waals surface area contributed by atoms with E-state index in [9.17, 15) is 13.6 Å². The molecule has 0 saturated carbocycles. The Balaban J connectivity index is 2.76. The summed E-state index contributed by atoms with van der Waals surface area (Å²) in [6.45, 7) is -0.160. The van der Waals surface area contributed by atoms with Crippen molar-refractivity contribution < 1.29 is 32.9 Å². The summed E-state index contributed by atoms with van der Waals surface area (Å²) in [4.78, 5) is 11.1. The standard InChI is InChI=1S/C14H12F2O5S/c1-19-6-21-13-8(4-12(15)16)7-3-11(14(17)18)22-10(7)5-9(13)20-2/h3-5H,6H2,1-2H3,(H,17,18).